The van der Waals surface area contributed by atoms with Crippen molar-refractivity contribution < 1.29 is 9.53 Å². The van der Waals surface area contributed by atoms with Crippen LogP contribution in [0.15, 0.2) is 48.5 Å². The van der Waals surface area contributed by atoms with E-state index in [0.29, 0.717) is 5.75 Å². The molecule has 0 unspecified atom stereocenters. The third-order valence-corrected chi connectivity index (χ3v) is 4.34. The van der Waals surface area contributed by atoms with E-state index in [-0.39, 0.29) is 17.9 Å². The lowest BCUT2D eigenvalue weighted by atomic mass is 10.0. The highest BCUT2D eigenvalue weighted by atomic mass is 16.5. The average molecular weight is 351 g/mol. The van der Waals surface area contributed by atoms with Crippen molar-refractivity contribution in [2.24, 2.45) is 5.92 Å². The number of hydrogen-bond donors (Lipinski definition) is 2. The molecule has 136 valence electrons. The van der Waals surface area contributed by atoms with Crippen LogP contribution < -0.4 is 10.1 Å². The van der Waals surface area contributed by atoms with Crippen LogP contribution >= 0.6 is 0 Å². The van der Waals surface area contributed by atoms with Crippen molar-refractivity contribution in [3.05, 3.63) is 59.9 Å². The number of aromatic amines is 1. The number of H-pyrrole nitrogens is 1. The average Bonchev–Trinajstić information content (AvgIpc) is 3.02. The van der Waals surface area contributed by atoms with E-state index in [9.17, 15) is 4.79 Å². The molecular weight excluding hydrogens is 326 g/mol. The predicted octanol–water partition coefficient (Wildman–Crippen LogP) is 4.15. The van der Waals surface area contributed by atoms with Crippen molar-refractivity contribution in [1.82, 2.24) is 15.3 Å². The van der Waals surface area contributed by atoms with Gasteiger partial charge < -0.3 is 15.0 Å². The fourth-order valence-electron chi connectivity index (χ4n) is 2.89. The van der Waals surface area contributed by atoms with E-state index >= 15 is 0 Å². The number of para-hydroxylation sites is 2. The molecule has 0 radical (unpaired) electrons. The number of carbonyl (C=O) groups is 1. The summed E-state index contributed by atoms with van der Waals surface area (Å²) in [5.41, 5.74) is 2.95. The van der Waals surface area contributed by atoms with Crippen LogP contribution in [0.1, 0.15) is 38.2 Å². The number of aromatic nitrogens is 2. The maximum atomic E-state index is 12.7. The van der Waals surface area contributed by atoms with Gasteiger partial charge in [0.15, 0.2) is 6.10 Å². The van der Waals surface area contributed by atoms with E-state index in [1.165, 1.54) is 0 Å². The molecule has 0 aliphatic heterocycles. The van der Waals surface area contributed by atoms with E-state index in [1.807, 2.05) is 55.5 Å². The van der Waals surface area contributed by atoms with Gasteiger partial charge in [0.25, 0.3) is 5.91 Å². The number of aryl methyl sites for hydroxylation is 1. The SMILES string of the molecule is Cc1cccc(O[C@H](C)C(=O)N[C@H](c2nc3ccccc3[nH]2)C(C)C)c1. The number of ether oxygens (including phenoxy) is 1. The first-order chi connectivity index (χ1) is 12.4. The van der Waals surface area contributed by atoms with Crippen LogP contribution in [-0.4, -0.2) is 22.0 Å². The molecule has 0 aliphatic carbocycles. The number of rotatable bonds is 6. The summed E-state index contributed by atoms with van der Waals surface area (Å²) >= 11 is 0. The molecule has 2 aromatic carbocycles. The number of nitrogens with one attached hydrogen (secondary N) is 2. The largest absolute Gasteiger partial charge is 0.481 e. The lowest BCUT2D eigenvalue weighted by molar-refractivity contribution is -0.128. The molecule has 5 heteroatoms. The Morgan fingerprint density at radius 3 is 2.58 bits per heavy atom. The Balaban J connectivity index is 1.73. The van der Waals surface area contributed by atoms with Crippen LogP contribution in [0.25, 0.3) is 11.0 Å². The third-order valence-electron chi connectivity index (χ3n) is 4.34. The molecule has 2 atom stereocenters. The Labute approximate surface area is 153 Å². The molecule has 2 N–H and O–H groups in total. The van der Waals surface area contributed by atoms with E-state index in [1.54, 1.807) is 6.92 Å². The molecule has 0 saturated heterocycles. The smallest absolute Gasteiger partial charge is 0.261 e. The lowest BCUT2D eigenvalue weighted by Crippen LogP contribution is -2.40. The van der Waals surface area contributed by atoms with E-state index in [4.69, 9.17) is 4.74 Å². The first kappa shape index (κ1) is 18.0. The molecule has 1 aromatic heterocycles. The minimum absolute atomic E-state index is 0.161. The van der Waals surface area contributed by atoms with Crippen molar-refractivity contribution in [2.75, 3.05) is 0 Å². The fourth-order valence-corrected chi connectivity index (χ4v) is 2.89. The first-order valence-electron chi connectivity index (χ1n) is 8.92. The molecular formula is C21H25N3O2. The van der Waals surface area contributed by atoms with Crippen LogP contribution in [0.4, 0.5) is 0 Å². The number of amides is 1. The second-order valence-electron chi connectivity index (χ2n) is 6.95. The van der Waals surface area contributed by atoms with Gasteiger partial charge in [-0.2, -0.15) is 0 Å². The van der Waals surface area contributed by atoms with Gasteiger partial charge in [0.1, 0.15) is 11.6 Å². The maximum absolute atomic E-state index is 12.7. The van der Waals surface area contributed by atoms with Gasteiger partial charge in [-0.15, -0.1) is 0 Å². The number of benzene rings is 2. The highest BCUT2D eigenvalue weighted by Crippen LogP contribution is 2.23. The highest BCUT2D eigenvalue weighted by Gasteiger charge is 2.25. The van der Waals surface area contributed by atoms with Gasteiger partial charge in [-0.05, 0) is 49.6 Å². The summed E-state index contributed by atoms with van der Waals surface area (Å²) in [4.78, 5) is 20.6. The van der Waals surface area contributed by atoms with Gasteiger partial charge in [0, 0.05) is 0 Å². The van der Waals surface area contributed by atoms with Crippen molar-refractivity contribution in [1.29, 1.82) is 0 Å². The van der Waals surface area contributed by atoms with E-state index in [2.05, 4.69) is 29.1 Å². The van der Waals surface area contributed by atoms with Crippen molar-refractivity contribution in [3.63, 3.8) is 0 Å². The van der Waals surface area contributed by atoms with Crippen LogP contribution in [0.3, 0.4) is 0 Å². The molecule has 0 bridgehead atoms. The summed E-state index contributed by atoms with van der Waals surface area (Å²) in [5, 5.41) is 3.07. The van der Waals surface area contributed by atoms with Crippen molar-refractivity contribution >= 4 is 16.9 Å². The Bertz CT molecular complexity index is 868. The molecule has 0 aliphatic rings. The normalized spacial score (nSPS) is 13.6. The van der Waals surface area contributed by atoms with Gasteiger partial charge in [-0.25, -0.2) is 4.98 Å². The molecule has 3 aromatic rings. The number of nitrogens with zero attached hydrogens (tertiary/aromatic N) is 1. The molecule has 0 spiro atoms. The summed E-state index contributed by atoms with van der Waals surface area (Å²) < 4.78 is 5.79. The third kappa shape index (κ3) is 4.04. The van der Waals surface area contributed by atoms with Crippen LogP contribution in [-0.2, 0) is 4.79 Å². The summed E-state index contributed by atoms with van der Waals surface area (Å²) in [7, 11) is 0. The van der Waals surface area contributed by atoms with E-state index in [0.717, 1.165) is 22.4 Å². The highest BCUT2D eigenvalue weighted by molar-refractivity contribution is 5.81. The van der Waals surface area contributed by atoms with Gasteiger partial charge in [-0.1, -0.05) is 38.1 Å². The van der Waals surface area contributed by atoms with Gasteiger partial charge >= 0.3 is 0 Å². The van der Waals surface area contributed by atoms with Crippen molar-refractivity contribution in [3.8, 4) is 5.75 Å². The second-order valence-corrected chi connectivity index (χ2v) is 6.95. The lowest BCUT2D eigenvalue weighted by Gasteiger charge is -2.23. The molecule has 5 nitrogen and oxygen atoms in total. The monoisotopic (exact) mass is 351 g/mol. The summed E-state index contributed by atoms with van der Waals surface area (Å²) in [6, 6.07) is 15.3. The van der Waals surface area contributed by atoms with Crippen molar-refractivity contribution in [2.45, 2.75) is 39.8 Å². The zero-order chi connectivity index (χ0) is 18.7. The Kier molecular flexibility index (Phi) is 5.26. The molecule has 1 amide bonds. The molecule has 1 heterocycles. The molecule has 3 rings (SSSR count). The Morgan fingerprint density at radius 1 is 1.12 bits per heavy atom. The molecule has 26 heavy (non-hydrogen) atoms. The quantitative estimate of drug-likeness (QED) is 0.701. The van der Waals surface area contributed by atoms with Gasteiger partial charge in [-0.3, -0.25) is 4.79 Å². The molecule has 0 fully saturated rings. The van der Waals surface area contributed by atoms with Crippen LogP contribution in [0.5, 0.6) is 5.75 Å². The topological polar surface area (TPSA) is 67.0 Å². The first-order valence-corrected chi connectivity index (χ1v) is 8.92. The summed E-state index contributed by atoms with van der Waals surface area (Å²) in [6.45, 7) is 7.87. The fraction of sp³-hybridized carbons (Fsp3) is 0.333. The number of carbonyl (C=O) groups excluding carboxylic acids is 1. The summed E-state index contributed by atoms with van der Waals surface area (Å²) in [6.07, 6.45) is -0.595. The van der Waals surface area contributed by atoms with Gasteiger partial charge in [0.2, 0.25) is 0 Å². The van der Waals surface area contributed by atoms with E-state index < -0.39 is 6.10 Å². The zero-order valence-corrected chi connectivity index (χ0v) is 15.6. The maximum Gasteiger partial charge on any atom is 0.261 e. The minimum atomic E-state index is -0.595. The minimum Gasteiger partial charge on any atom is -0.481 e. The number of fused-ring (bicyclic) bond motifs is 1. The second kappa shape index (κ2) is 7.60. The number of imidazole rings is 1. The molecule has 0 saturated carbocycles. The number of hydrogen-bond acceptors (Lipinski definition) is 3. The standard InChI is InChI=1S/C21H25N3O2/c1-13(2)19(20-22-17-10-5-6-11-18(17)23-20)24-21(25)15(4)26-16-9-7-8-14(3)12-16/h5-13,15,19H,1-4H3,(H,22,23)(H,24,25)/t15-,19+/m1/s1. The predicted molar refractivity (Wildman–Crippen MR) is 103 cm³/mol. The van der Waals surface area contributed by atoms with Crippen LogP contribution in [0.2, 0.25) is 0 Å². The summed E-state index contributed by atoms with van der Waals surface area (Å²) in [5.74, 6) is 1.48. The Hall–Kier alpha value is -2.82. The zero-order valence-electron chi connectivity index (χ0n) is 15.6. The van der Waals surface area contributed by atoms with Crippen LogP contribution in [0, 0.1) is 12.8 Å². The Morgan fingerprint density at radius 2 is 1.88 bits per heavy atom. The van der Waals surface area contributed by atoms with Gasteiger partial charge in [0.05, 0.1) is 17.1 Å².